The largest absolute Gasteiger partial charge is 0.467 e. The molecule has 0 aromatic heterocycles. The van der Waals surface area contributed by atoms with Gasteiger partial charge in [-0.05, 0) is 19.3 Å². The van der Waals surface area contributed by atoms with Crippen molar-refractivity contribution < 1.29 is 19.1 Å². The molecule has 1 rings (SSSR count). The average Bonchev–Trinajstić information content (AvgIpc) is 2.35. The zero-order chi connectivity index (χ0) is 12.0. The maximum Gasteiger partial charge on any atom is 0.410 e. The van der Waals surface area contributed by atoms with Crippen LogP contribution in [-0.4, -0.2) is 43.3 Å². The Morgan fingerprint density at radius 1 is 1.50 bits per heavy atom. The summed E-state index contributed by atoms with van der Waals surface area (Å²) >= 11 is 0. The SMILES string of the molecule is C=CCOC(=O)N1CCCC[C@H]1C(=O)OC. The van der Waals surface area contributed by atoms with E-state index in [1.54, 1.807) is 0 Å². The van der Waals surface area contributed by atoms with Gasteiger partial charge in [0.1, 0.15) is 12.6 Å². The topological polar surface area (TPSA) is 55.8 Å². The molecule has 0 aliphatic carbocycles. The standard InChI is InChI=1S/C11H17NO4/c1-3-8-16-11(14)12-7-5-4-6-9(12)10(13)15-2/h3,9H,1,4-8H2,2H3/t9-/m0/s1. The van der Waals surface area contributed by atoms with Crippen LogP contribution in [0, 0.1) is 0 Å². The first kappa shape index (κ1) is 12.5. The van der Waals surface area contributed by atoms with Gasteiger partial charge in [-0.2, -0.15) is 0 Å². The third-order valence-corrected chi connectivity index (χ3v) is 2.54. The monoisotopic (exact) mass is 227 g/mol. The fraction of sp³-hybridized carbons (Fsp3) is 0.636. The lowest BCUT2D eigenvalue weighted by Crippen LogP contribution is -2.48. The third kappa shape index (κ3) is 2.98. The number of amides is 1. The molecule has 0 unspecified atom stereocenters. The van der Waals surface area contributed by atoms with Crippen LogP contribution in [0.1, 0.15) is 19.3 Å². The van der Waals surface area contributed by atoms with Crippen molar-refractivity contribution in [3.8, 4) is 0 Å². The Labute approximate surface area is 95.0 Å². The molecule has 1 fully saturated rings. The third-order valence-electron chi connectivity index (χ3n) is 2.54. The first-order valence-corrected chi connectivity index (χ1v) is 5.32. The highest BCUT2D eigenvalue weighted by atomic mass is 16.6. The van der Waals surface area contributed by atoms with Gasteiger partial charge in [0.25, 0.3) is 0 Å². The second kappa shape index (κ2) is 6.15. The molecular formula is C11H17NO4. The molecule has 1 saturated heterocycles. The quantitative estimate of drug-likeness (QED) is 0.539. The highest BCUT2D eigenvalue weighted by Gasteiger charge is 2.33. The van der Waals surface area contributed by atoms with Crippen molar-refractivity contribution in [2.24, 2.45) is 0 Å². The van der Waals surface area contributed by atoms with E-state index in [0.717, 1.165) is 12.8 Å². The molecule has 90 valence electrons. The summed E-state index contributed by atoms with van der Waals surface area (Å²) in [7, 11) is 1.32. The van der Waals surface area contributed by atoms with Crippen molar-refractivity contribution in [3.63, 3.8) is 0 Å². The maximum atomic E-state index is 11.6. The summed E-state index contributed by atoms with van der Waals surface area (Å²) in [6.45, 7) is 4.15. The van der Waals surface area contributed by atoms with Crippen LogP contribution in [0.15, 0.2) is 12.7 Å². The summed E-state index contributed by atoms with van der Waals surface area (Å²) in [4.78, 5) is 24.5. The van der Waals surface area contributed by atoms with Gasteiger partial charge in [0.05, 0.1) is 7.11 Å². The van der Waals surface area contributed by atoms with E-state index in [1.807, 2.05) is 0 Å². The van der Waals surface area contributed by atoms with E-state index in [0.29, 0.717) is 13.0 Å². The zero-order valence-corrected chi connectivity index (χ0v) is 9.48. The van der Waals surface area contributed by atoms with Gasteiger partial charge in [-0.25, -0.2) is 9.59 Å². The van der Waals surface area contributed by atoms with Crippen LogP contribution in [0.4, 0.5) is 4.79 Å². The number of methoxy groups -OCH3 is 1. The van der Waals surface area contributed by atoms with Gasteiger partial charge in [0.15, 0.2) is 0 Å². The number of esters is 1. The molecule has 0 aromatic carbocycles. The van der Waals surface area contributed by atoms with Gasteiger partial charge in [-0.1, -0.05) is 12.7 Å². The summed E-state index contributed by atoms with van der Waals surface area (Å²) in [6, 6.07) is -0.504. The van der Waals surface area contributed by atoms with E-state index in [-0.39, 0.29) is 12.6 Å². The van der Waals surface area contributed by atoms with Crippen LogP contribution in [0.25, 0.3) is 0 Å². The summed E-state index contributed by atoms with van der Waals surface area (Å²) in [5.74, 6) is -0.379. The number of carbonyl (C=O) groups excluding carboxylic acids is 2. The predicted octanol–water partition coefficient (Wildman–Crippen LogP) is 1.34. The Bertz CT molecular complexity index is 277. The number of rotatable bonds is 3. The van der Waals surface area contributed by atoms with Gasteiger partial charge in [-0.15, -0.1) is 0 Å². The van der Waals surface area contributed by atoms with Crippen LogP contribution >= 0.6 is 0 Å². The van der Waals surface area contributed by atoms with Crippen LogP contribution < -0.4 is 0 Å². The van der Waals surface area contributed by atoms with Crippen molar-refractivity contribution in [3.05, 3.63) is 12.7 Å². The lowest BCUT2D eigenvalue weighted by molar-refractivity contribution is -0.147. The summed E-state index contributed by atoms with van der Waals surface area (Å²) in [6.07, 6.45) is 3.46. The second-order valence-electron chi connectivity index (χ2n) is 3.59. The van der Waals surface area contributed by atoms with E-state index in [2.05, 4.69) is 11.3 Å². The van der Waals surface area contributed by atoms with Crippen LogP contribution in [-0.2, 0) is 14.3 Å². The Hall–Kier alpha value is -1.52. The molecule has 0 bridgehead atoms. The molecule has 0 radical (unpaired) electrons. The van der Waals surface area contributed by atoms with Gasteiger partial charge >= 0.3 is 12.1 Å². The normalized spacial score (nSPS) is 20.1. The van der Waals surface area contributed by atoms with Gasteiger partial charge < -0.3 is 9.47 Å². The van der Waals surface area contributed by atoms with Crippen LogP contribution in [0.2, 0.25) is 0 Å². The number of nitrogens with zero attached hydrogens (tertiary/aromatic N) is 1. The molecule has 1 aliphatic heterocycles. The van der Waals surface area contributed by atoms with E-state index in [9.17, 15) is 9.59 Å². The number of ether oxygens (including phenoxy) is 2. The minimum atomic E-state index is -0.504. The molecule has 16 heavy (non-hydrogen) atoms. The molecule has 5 nitrogen and oxygen atoms in total. The van der Waals surface area contributed by atoms with Crippen LogP contribution in [0.3, 0.4) is 0 Å². The van der Waals surface area contributed by atoms with Crippen molar-refractivity contribution >= 4 is 12.1 Å². The Morgan fingerprint density at radius 3 is 2.88 bits per heavy atom. The van der Waals surface area contributed by atoms with Gasteiger partial charge in [0, 0.05) is 6.54 Å². The number of piperidine rings is 1. The summed E-state index contributed by atoms with van der Waals surface area (Å²) in [5, 5.41) is 0. The maximum absolute atomic E-state index is 11.6. The van der Waals surface area contributed by atoms with Crippen molar-refractivity contribution in [2.45, 2.75) is 25.3 Å². The second-order valence-corrected chi connectivity index (χ2v) is 3.59. The molecule has 1 heterocycles. The Kier molecular flexibility index (Phi) is 4.82. The molecule has 1 amide bonds. The first-order chi connectivity index (χ1) is 7.70. The zero-order valence-electron chi connectivity index (χ0n) is 9.48. The molecule has 0 aromatic rings. The van der Waals surface area contributed by atoms with Gasteiger partial charge in [-0.3, -0.25) is 4.90 Å². The smallest absolute Gasteiger partial charge is 0.410 e. The fourth-order valence-corrected chi connectivity index (χ4v) is 1.74. The number of hydrogen-bond acceptors (Lipinski definition) is 4. The number of hydrogen-bond donors (Lipinski definition) is 0. The predicted molar refractivity (Wildman–Crippen MR) is 57.9 cm³/mol. The van der Waals surface area contributed by atoms with E-state index >= 15 is 0 Å². The van der Waals surface area contributed by atoms with Crippen molar-refractivity contribution in [1.29, 1.82) is 0 Å². The lowest BCUT2D eigenvalue weighted by atomic mass is 10.0. The molecule has 1 aliphatic rings. The van der Waals surface area contributed by atoms with Crippen molar-refractivity contribution in [1.82, 2.24) is 4.90 Å². The van der Waals surface area contributed by atoms with E-state index < -0.39 is 12.1 Å². The summed E-state index contributed by atoms with van der Waals surface area (Å²) in [5.41, 5.74) is 0. The molecule has 1 atom stereocenters. The van der Waals surface area contributed by atoms with Gasteiger partial charge in [0.2, 0.25) is 0 Å². The molecular weight excluding hydrogens is 210 g/mol. The van der Waals surface area contributed by atoms with E-state index in [4.69, 9.17) is 4.74 Å². The Balaban J connectivity index is 2.62. The molecule has 0 N–H and O–H groups in total. The van der Waals surface area contributed by atoms with Crippen LogP contribution in [0.5, 0.6) is 0 Å². The highest BCUT2D eigenvalue weighted by molar-refractivity contribution is 5.81. The number of carbonyl (C=O) groups is 2. The first-order valence-electron chi connectivity index (χ1n) is 5.32. The minimum Gasteiger partial charge on any atom is -0.467 e. The lowest BCUT2D eigenvalue weighted by Gasteiger charge is -2.32. The van der Waals surface area contributed by atoms with Crippen molar-refractivity contribution in [2.75, 3.05) is 20.3 Å². The minimum absolute atomic E-state index is 0.156. The molecule has 0 saturated carbocycles. The Morgan fingerprint density at radius 2 is 2.25 bits per heavy atom. The van der Waals surface area contributed by atoms with E-state index in [1.165, 1.54) is 18.1 Å². The number of likely N-dealkylation sites (tertiary alicyclic amines) is 1. The highest BCUT2D eigenvalue weighted by Crippen LogP contribution is 2.18. The average molecular weight is 227 g/mol. The fourth-order valence-electron chi connectivity index (χ4n) is 1.74. The molecule has 5 heteroatoms. The summed E-state index contributed by atoms with van der Waals surface area (Å²) < 4.78 is 9.58. The molecule has 0 spiro atoms.